The van der Waals surface area contributed by atoms with Crippen molar-refractivity contribution < 1.29 is 33.2 Å². The second-order valence-electron chi connectivity index (χ2n) is 8.07. The summed E-state index contributed by atoms with van der Waals surface area (Å²) in [6, 6.07) is 11.8. The van der Waals surface area contributed by atoms with Gasteiger partial charge < -0.3 is 30.1 Å². The first-order valence-electron chi connectivity index (χ1n) is 11.3. The van der Waals surface area contributed by atoms with Gasteiger partial charge in [-0.25, -0.2) is 8.42 Å². The van der Waals surface area contributed by atoms with Crippen LogP contribution >= 0.6 is 0 Å². The van der Waals surface area contributed by atoms with E-state index < -0.39 is 16.1 Å². The lowest BCUT2D eigenvalue weighted by Gasteiger charge is -2.14. The van der Waals surface area contributed by atoms with Crippen LogP contribution in [-0.2, 0) is 32.7 Å². The van der Waals surface area contributed by atoms with Crippen LogP contribution < -0.4 is 10.0 Å². The SMILES string of the molecule is CS(=O)(=O)Nc1cccc(COCCOCCCCCNC[C@H](O)c2ccc(O)c(CO)c2)c1. The van der Waals surface area contributed by atoms with Crippen LogP contribution in [0.3, 0.4) is 0 Å². The molecule has 190 valence electrons. The summed E-state index contributed by atoms with van der Waals surface area (Å²) < 4.78 is 36.2. The van der Waals surface area contributed by atoms with Crippen molar-refractivity contribution in [1.82, 2.24) is 5.32 Å². The second-order valence-corrected chi connectivity index (χ2v) is 9.81. The van der Waals surface area contributed by atoms with Crippen molar-refractivity contribution >= 4 is 15.7 Å². The molecular weight excluding hydrogens is 460 g/mol. The molecule has 0 fully saturated rings. The molecule has 2 rings (SSSR count). The van der Waals surface area contributed by atoms with Gasteiger partial charge in [-0.05, 0) is 61.2 Å². The molecule has 0 aromatic heterocycles. The molecule has 0 saturated heterocycles. The molecule has 34 heavy (non-hydrogen) atoms. The molecule has 1 atom stereocenters. The van der Waals surface area contributed by atoms with Crippen LogP contribution in [0.4, 0.5) is 5.69 Å². The van der Waals surface area contributed by atoms with Crippen LogP contribution in [0.25, 0.3) is 0 Å². The monoisotopic (exact) mass is 496 g/mol. The predicted molar refractivity (Wildman–Crippen MR) is 131 cm³/mol. The molecule has 0 spiro atoms. The quantitative estimate of drug-likeness (QED) is 0.210. The largest absolute Gasteiger partial charge is 0.508 e. The molecule has 2 aromatic carbocycles. The highest BCUT2D eigenvalue weighted by atomic mass is 32.2. The molecule has 0 aliphatic heterocycles. The Labute approximate surface area is 201 Å². The Bertz CT molecular complexity index is 970. The van der Waals surface area contributed by atoms with Gasteiger partial charge in [0.2, 0.25) is 10.0 Å². The average molecular weight is 497 g/mol. The van der Waals surface area contributed by atoms with E-state index in [1.54, 1.807) is 30.3 Å². The van der Waals surface area contributed by atoms with Gasteiger partial charge in [-0.15, -0.1) is 0 Å². The third kappa shape index (κ3) is 11.3. The van der Waals surface area contributed by atoms with Crippen LogP contribution in [0.5, 0.6) is 5.75 Å². The number of hydrogen-bond acceptors (Lipinski definition) is 8. The smallest absolute Gasteiger partial charge is 0.229 e. The summed E-state index contributed by atoms with van der Waals surface area (Å²) in [5, 5.41) is 32.2. The summed E-state index contributed by atoms with van der Waals surface area (Å²) in [6.07, 6.45) is 3.30. The molecule has 10 heteroatoms. The van der Waals surface area contributed by atoms with Gasteiger partial charge in [0.25, 0.3) is 0 Å². The number of rotatable bonds is 17. The number of hydrogen-bond donors (Lipinski definition) is 5. The van der Waals surface area contributed by atoms with Crippen molar-refractivity contribution in [1.29, 1.82) is 0 Å². The third-order valence-electron chi connectivity index (χ3n) is 5.01. The molecule has 0 saturated carbocycles. The van der Waals surface area contributed by atoms with Gasteiger partial charge in [0.15, 0.2) is 0 Å². The Balaban J connectivity index is 1.46. The van der Waals surface area contributed by atoms with Crippen LogP contribution in [0.15, 0.2) is 42.5 Å². The number of aliphatic hydroxyl groups is 2. The molecule has 0 unspecified atom stereocenters. The molecule has 0 aliphatic rings. The number of sulfonamides is 1. The molecule has 5 N–H and O–H groups in total. The van der Waals surface area contributed by atoms with Gasteiger partial charge in [-0.3, -0.25) is 4.72 Å². The number of phenols is 1. The number of unbranched alkanes of at least 4 members (excludes halogenated alkanes) is 2. The number of aliphatic hydroxyl groups excluding tert-OH is 2. The molecule has 2 aromatic rings. The fraction of sp³-hybridized carbons (Fsp3) is 0.500. The molecule has 9 nitrogen and oxygen atoms in total. The van der Waals surface area contributed by atoms with Crippen LogP contribution in [0.2, 0.25) is 0 Å². The topological polar surface area (TPSA) is 137 Å². The Morgan fingerprint density at radius 3 is 2.56 bits per heavy atom. The minimum atomic E-state index is -3.30. The predicted octanol–water partition coefficient (Wildman–Crippen LogP) is 2.28. The molecule has 0 amide bonds. The van der Waals surface area contributed by atoms with Crippen molar-refractivity contribution in [3.63, 3.8) is 0 Å². The van der Waals surface area contributed by atoms with Crippen molar-refractivity contribution in [2.45, 2.75) is 38.6 Å². The maximum atomic E-state index is 11.3. The normalized spacial score (nSPS) is 12.6. The maximum Gasteiger partial charge on any atom is 0.229 e. The highest BCUT2D eigenvalue weighted by Gasteiger charge is 2.10. The summed E-state index contributed by atoms with van der Waals surface area (Å²) >= 11 is 0. The summed E-state index contributed by atoms with van der Waals surface area (Å²) in [7, 11) is -3.30. The number of aromatic hydroxyl groups is 1. The van der Waals surface area contributed by atoms with E-state index in [4.69, 9.17) is 9.47 Å². The summed E-state index contributed by atoms with van der Waals surface area (Å²) in [6.45, 7) is 2.89. The van der Waals surface area contributed by atoms with E-state index in [-0.39, 0.29) is 12.4 Å². The van der Waals surface area contributed by atoms with Crippen LogP contribution in [0.1, 0.15) is 42.1 Å². The van der Waals surface area contributed by atoms with E-state index >= 15 is 0 Å². The Morgan fingerprint density at radius 2 is 1.79 bits per heavy atom. The standard InChI is InChI=1S/C24H36N2O7S/c1-34(30,31)26-22-7-5-6-19(14-22)18-33-13-12-32-11-4-2-3-10-25-16-24(29)20-8-9-23(28)21(15-20)17-27/h5-9,14-15,24-29H,2-4,10-13,16-18H2,1H3/t24-/m0/s1. The number of ether oxygens (including phenoxy) is 2. The van der Waals surface area contributed by atoms with E-state index in [1.165, 1.54) is 6.07 Å². The van der Waals surface area contributed by atoms with E-state index in [1.807, 2.05) is 6.07 Å². The zero-order valence-electron chi connectivity index (χ0n) is 19.6. The fourth-order valence-electron chi connectivity index (χ4n) is 3.28. The fourth-order valence-corrected chi connectivity index (χ4v) is 3.83. The number of anilines is 1. The van der Waals surface area contributed by atoms with Gasteiger partial charge in [0, 0.05) is 24.4 Å². The minimum absolute atomic E-state index is 0.0226. The number of benzene rings is 2. The first kappa shape index (κ1) is 28.0. The van der Waals surface area contributed by atoms with Crippen molar-refractivity contribution in [2.24, 2.45) is 0 Å². The summed E-state index contributed by atoms with van der Waals surface area (Å²) in [5.41, 5.74) is 2.45. The van der Waals surface area contributed by atoms with Crippen molar-refractivity contribution in [3.05, 3.63) is 59.2 Å². The maximum absolute atomic E-state index is 11.3. The van der Waals surface area contributed by atoms with Crippen LogP contribution in [0, 0.1) is 0 Å². The van der Waals surface area contributed by atoms with Gasteiger partial charge in [0.1, 0.15) is 5.75 Å². The third-order valence-corrected chi connectivity index (χ3v) is 5.62. The summed E-state index contributed by atoms with van der Waals surface area (Å²) in [4.78, 5) is 0. The van der Waals surface area contributed by atoms with E-state index in [2.05, 4.69) is 10.0 Å². The second kappa shape index (κ2) is 14.9. The highest BCUT2D eigenvalue weighted by molar-refractivity contribution is 7.92. The Kier molecular flexibility index (Phi) is 12.3. The highest BCUT2D eigenvalue weighted by Crippen LogP contribution is 2.22. The van der Waals surface area contributed by atoms with Crippen molar-refractivity contribution in [3.8, 4) is 5.75 Å². The lowest BCUT2D eigenvalue weighted by Crippen LogP contribution is -2.22. The van der Waals surface area contributed by atoms with E-state index in [0.717, 1.165) is 37.6 Å². The molecule has 0 aliphatic carbocycles. The molecule has 0 bridgehead atoms. The first-order chi connectivity index (χ1) is 16.3. The minimum Gasteiger partial charge on any atom is -0.508 e. The van der Waals surface area contributed by atoms with E-state index in [9.17, 15) is 23.7 Å². The van der Waals surface area contributed by atoms with Gasteiger partial charge in [0.05, 0.1) is 38.8 Å². The molecular formula is C24H36N2O7S. The average Bonchev–Trinajstić information content (AvgIpc) is 2.79. The summed E-state index contributed by atoms with van der Waals surface area (Å²) in [5.74, 6) is 0.0226. The van der Waals surface area contributed by atoms with Crippen molar-refractivity contribution in [2.75, 3.05) is 43.9 Å². The zero-order valence-corrected chi connectivity index (χ0v) is 20.4. The Morgan fingerprint density at radius 1 is 1.00 bits per heavy atom. The molecule has 0 radical (unpaired) electrons. The Hall–Kier alpha value is -2.21. The lowest BCUT2D eigenvalue weighted by atomic mass is 10.1. The lowest BCUT2D eigenvalue weighted by molar-refractivity contribution is 0.0393. The van der Waals surface area contributed by atoms with Gasteiger partial charge in [-0.1, -0.05) is 18.2 Å². The van der Waals surface area contributed by atoms with Crippen LogP contribution in [-0.4, -0.2) is 62.9 Å². The number of nitrogens with one attached hydrogen (secondary N) is 2. The molecule has 0 heterocycles. The zero-order chi connectivity index (χ0) is 24.8. The first-order valence-corrected chi connectivity index (χ1v) is 13.2. The van der Waals surface area contributed by atoms with E-state index in [0.29, 0.717) is 49.8 Å². The van der Waals surface area contributed by atoms with Gasteiger partial charge >= 0.3 is 0 Å². The van der Waals surface area contributed by atoms with Gasteiger partial charge in [-0.2, -0.15) is 0 Å².